The molecule has 3 unspecified atom stereocenters. The Morgan fingerprint density at radius 3 is 2.50 bits per heavy atom. The fourth-order valence-electron chi connectivity index (χ4n) is 5.89. The van der Waals surface area contributed by atoms with Crippen LogP contribution in [0.5, 0.6) is 0 Å². The molecule has 4 amide bonds. The van der Waals surface area contributed by atoms with E-state index in [1.165, 1.54) is 18.4 Å². The molecule has 1 aromatic rings. The third-order valence-corrected chi connectivity index (χ3v) is 8.10. The Labute approximate surface area is 213 Å². The molecule has 0 saturated carbocycles. The number of allylic oxidation sites excluding steroid dienone is 2. The molecule has 3 atom stereocenters. The Kier molecular flexibility index (Phi) is 7.70. The summed E-state index contributed by atoms with van der Waals surface area (Å²) < 4.78 is 0. The molecule has 192 valence electrons. The van der Waals surface area contributed by atoms with Crippen LogP contribution in [-0.4, -0.2) is 79.0 Å². The van der Waals surface area contributed by atoms with Crippen LogP contribution in [-0.2, 0) is 4.79 Å². The van der Waals surface area contributed by atoms with E-state index in [2.05, 4.69) is 34.2 Å². The van der Waals surface area contributed by atoms with Gasteiger partial charge in [0, 0.05) is 43.7 Å². The number of piperidine rings is 2. The zero-order valence-corrected chi connectivity index (χ0v) is 20.8. The predicted molar refractivity (Wildman–Crippen MR) is 139 cm³/mol. The van der Waals surface area contributed by atoms with Gasteiger partial charge in [0.05, 0.1) is 12.6 Å². The fourth-order valence-corrected chi connectivity index (χ4v) is 5.89. The van der Waals surface area contributed by atoms with Gasteiger partial charge in [-0.25, -0.2) is 4.79 Å². The van der Waals surface area contributed by atoms with Crippen LogP contribution in [0.4, 0.5) is 4.79 Å². The van der Waals surface area contributed by atoms with E-state index < -0.39 is 0 Å². The zero-order chi connectivity index (χ0) is 24.9. The van der Waals surface area contributed by atoms with Crippen molar-refractivity contribution in [2.75, 3.05) is 39.3 Å². The minimum Gasteiger partial charge on any atom is -0.343 e. The van der Waals surface area contributed by atoms with Crippen molar-refractivity contribution in [1.82, 2.24) is 25.8 Å². The molecular weight excluding hydrogens is 454 g/mol. The molecule has 3 heterocycles. The van der Waals surface area contributed by atoms with Crippen molar-refractivity contribution in [2.45, 2.75) is 50.1 Å². The van der Waals surface area contributed by atoms with Gasteiger partial charge in [0.1, 0.15) is 0 Å². The third kappa shape index (κ3) is 5.64. The highest BCUT2D eigenvalue weighted by Gasteiger charge is 2.34. The Hall–Kier alpha value is -3.13. The Balaban J connectivity index is 1.07. The standard InChI is InChI=1S/C28H37N5O3/c34-26(19-30-27(35)22-9-7-20(8-10-22)23-5-3-14-29-18-23)32-15-12-24(13-16-32)33-17-11-21-4-1-2-6-25(21)31-28(33)36/h1-2,4,6-10,21,23-25,29H,3,5,11-19H2,(H,30,35)(H,31,36). The minimum absolute atomic E-state index is 0.00902. The highest BCUT2D eigenvalue weighted by atomic mass is 16.2. The molecule has 0 spiro atoms. The van der Waals surface area contributed by atoms with Crippen LogP contribution in [0.2, 0.25) is 0 Å². The number of amides is 4. The van der Waals surface area contributed by atoms with Crippen LogP contribution in [0.15, 0.2) is 48.6 Å². The number of rotatable bonds is 5. The molecule has 3 fully saturated rings. The summed E-state index contributed by atoms with van der Waals surface area (Å²) in [4.78, 5) is 42.0. The van der Waals surface area contributed by atoms with E-state index >= 15 is 0 Å². The minimum atomic E-state index is -0.225. The van der Waals surface area contributed by atoms with Crippen molar-refractivity contribution < 1.29 is 14.4 Å². The molecule has 3 saturated heterocycles. The van der Waals surface area contributed by atoms with E-state index in [0.29, 0.717) is 30.5 Å². The van der Waals surface area contributed by atoms with Gasteiger partial charge in [-0.3, -0.25) is 9.59 Å². The van der Waals surface area contributed by atoms with Crippen LogP contribution in [0.1, 0.15) is 53.9 Å². The largest absolute Gasteiger partial charge is 0.343 e. The number of benzene rings is 1. The third-order valence-electron chi connectivity index (χ3n) is 8.10. The maximum absolute atomic E-state index is 12.8. The van der Waals surface area contributed by atoms with Crippen molar-refractivity contribution >= 4 is 17.8 Å². The van der Waals surface area contributed by atoms with Gasteiger partial charge in [-0.2, -0.15) is 0 Å². The van der Waals surface area contributed by atoms with Gasteiger partial charge in [-0.1, -0.05) is 36.4 Å². The molecule has 5 rings (SSSR count). The number of urea groups is 1. The number of carbonyl (C=O) groups is 3. The summed E-state index contributed by atoms with van der Waals surface area (Å²) in [6, 6.07) is 7.95. The SMILES string of the molecule is O=C(NCC(=O)N1CCC(N2CCC3C=CC=CC3NC2=O)CC1)c1ccc(C2CCCNC2)cc1. The number of nitrogens with one attached hydrogen (secondary N) is 3. The van der Waals surface area contributed by atoms with Crippen molar-refractivity contribution in [1.29, 1.82) is 0 Å². The van der Waals surface area contributed by atoms with Crippen LogP contribution in [0, 0.1) is 5.92 Å². The summed E-state index contributed by atoms with van der Waals surface area (Å²) in [6.45, 7) is 3.97. The lowest BCUT2D eigenvalue weighted by Crippen LogP contribution is -2.52. The number of hydrogen-bond acceptors (Lipinski definition) is 4. The first-order valence-corrected chi connectivity index (χ1v) is 13.4. The van der Waals surface area contributed by atoms with Crippen LogP contribution < -0.4 is 16.0 Å². The van der Waals surface area contributed by atoms with Crippen molar-refractivity contribution in [3.63, 3.8) is 0 Å². The maximum atomic E-state index is 12.8. The molecule has 0 radical (unpaired) electrons. The molecule has 3 aliphatic heterocycles. The summed E-state index contributed by atoms with van der Waals surface area (Å²) in [6.07, 6.45) is 13.1. The summed E-state index contributed by atoms with van der Waals surface area (Å²) in [7, 11) is 0. The Morgan fingerprint density at radius 1 is 0.972 bits per heavy atom. The molecule has 1 aromatic carbocycles. The Bertz CT molecular complexity index is 1010. The number of carbonyl (C=O) groups excluding carboxylic acids is 3. The van der Waals surface area contributed by atoms with Crippen molar-refractivity contribution in [2.24, 2.45) is 5.92 Å². The molecule has 0 bridgehead atoms. The lowest BCUT2D eigenvalue weighted by Gasteiger charge is -2.38. The molecular formula is C28H37N5O3. The molecule has 36 heavy (non-hydrogen) atoms. The van der Waals surface area contributed by atoms with E-state index in [9.17, 15) is 14.4 Å². The summed E-state index contributed by atoms with van der Waals surface area (Å²) >= 11 is 0. The van der Waals surface area contributed by atoms with Crippen molar-refractivity contribution in [3.05, 3.63) is 59.7 Å². The second-order valence-electron chi connectivity index (χ2n) is 10.4. The fraction of sp³-hybridized carbons (Fsp3) is 0.536. The first-order valence-electron chi connectivity index (χ1n) is 13.4. The average Bonchev–Trinajstić information content (AvgIpc) is 3.10. The van der Waals surface area contributed by atoms with E-state index in [1.807, 2.05) is 35.2 Å². The second kappa shape index (κ2) is 11.3. The van der Waals surface area contributed by atoms with Gasteiger partial charge in [-0.05, 0) is 62.3 Å². The topological polar surface area (TPSA) is 93.8 Å². The van der Waals surface area contributed by atoms with Crippen LogP contribution in [0.25, 0.3) is 0 Å². The number of hydrogen-bond donors (Lipinski definition) is 3. The molecule has 8 heteroatoms. The second-order valence-corrected chi connectivity index (χ2v) is 10.4. The number of fused-ring (bicyclic) bond motifs is 1. The lowest BCUT2D eigenvalue weighted by atomic mass is 9.91. The first-order chi connectivity index (χ1) is 17.6. The highest BCUT2D eigenvalue weighted by Crippen LogP contribution is 2.25. The van der Waals surface area contributed by atoms with Gasteiger partial charge < -0.3 is 25.8 Å². The zero-order valence-electron chi connectivity index (χ0n) is 20.8. The van der Waals surface area contributed by atoms with E-state index in [-0.39, 0.29) is 36.5 Å². The molecule has 4 aliphatic rings. The average molecular weight is 492 g/mol. The quantitative estimate of drug-likeness (QED) is 0.590. The van der Waals surface area contributed by atoms with E-state index in [1.54, 1.807) is 4.90 Å². The van der Waals surface area contributed by atoms with Crippen LogP contribution in [0.3, 0.4) is 0 Å². The maximum Gasteiger partial charge on any atom is 0.318 e. The van der Waals surface area contributed by atoms with E-state index in [0.717, 1.165) is 38.9 Å². The molecule has 0 aromatic heterocycles. The lowest BCUT2D eigenvalue weighted by molar-refractivity contribution is -0.131. The summed E-state index contributed by atoms with van der Waals surface area (Å²) in [5.41, 5.74) is 1.83. The van der Waals surface area contributed by atoms with Gasteiger partial charge in [0.2, 0.25) is 5.91 Å². The van der Waals surface area contributed by atoms with Crippen LogP contribution >= 0.6 is 0 Å². The smallest absolute Gasteiger partial charge is 0.318 e. The molecule has 8 nitrogen and oxygen atoms in total. The molecule has 3 N–H and O–H groups in total. The highest BCUT2D eigenvalue weighted by molar-refractivity contribution is 5.96. The predicted octanol–water partition coefficient (Wildman–Crippen LogP) is 2.40. The van der Waals surface area contributed by atoms with E-state index in [4.69, 9.17) is 0 Å². The van der Waals surface area contributed by atoms with Crippen molar-refractivity contribution in [3.8, 4) is 0 Å². The van der Waals surface area contributed by atoms with Gasteiger partial charge in [0.25, 0.3) is 5.91 Å². The summed E-state index contributed by atoms with van der Waals surface area (Å²) in [5.74, 6) is 0.541. The van der Waals surface area contributed by atoms with Gasteiger partial charge in [0.15, 0.2) is 0 Å². The number of nitrogens with zero attached hydrogens (tertiary/aromatic N) is 2. The normalized spacial score (nSPS) is 26.7. The molecule has 1 aliphatic carbocycles. The van der Waals surface area contributed by atoms with Gasteiger partial charge in [-0.15, -0.1) is 0 Å². The summed E-state index contributed by atoms with van der Waals surface area (Å²) in [5, 5.41) is 9.36. The number of likely N-dealkylation sites (tertiary alicyclic amines) is 1. The van der Waals surface area contributed by atoms with Gasteiger partial charge >= 0.3 is 6.03 Å². The first kappa shape index (κ1) is 24.6. The monoisotopic (exact) mass is 491 g/mol. The Morgan fingerprint density at radius 2 is 1.75 bits per heavy atom.